The summed E-state index contributed by atoms with van der Waals surface area (Å²) in [6.07, 6.45) is 4.78. The van der Waals surface area contributed by atoms with Crippen LogP contribution in [0.25, 0.3) is 0 Å². The molecule has 0 aliphatic heterocycles. The van der Waals surface area contributed by atoms with Gasteiger partial charge in [0, 0.05) is 12.1 Å². The molecule has 1 heterocycles. The lowest BCUT2D eigenvalue weighted by atomic mass is 10.2. The summed E-state index contributed by atoms with van der Waals surface area (Å²) in [4.78, 5) is 17.2. The number of hydrogen-bond acceptors (Lipinski definition) is 3. The van der Waals surface area contributed by atoms with Gasteiger partial charge in [-0.1, -0.05) is 24.4 Å². The molecule has 0 bridgehead atoms. The maximum Gasteiger partial charge on any atom is 0.347 e. The number of aromatic amines is 1. The molecule has 0 atom stereocenters. The van der Waals surface area contributed by atoms with Gasteiger partial charge in [-0.25, -0.2) is 4.79 Å². The second kappa shape index (κ2) is 4.00. The Bertz CT molecular complexity index is 371. The molecule has 0 radical (unpaired) electrons. The van der Waals surface area contributed by atoms with E-state index in [4.69, 9.17) is 11.6 Å². The first-order chi connectivity index (χ1) is 6.74. The van der Waals surface area contributed by atoms with Crippen LogP contribution >= 0.6 is 11.6 Å². The maximum absolute atomic E-state index is 11.0. The van der Waals surface area contributed by atoms with E-state index in [1.165, 1.54) is 12.8 Å². The minimum Gasteiger partial charge on any atom is -0.367 e. The van der Waals surface area contributed by atoms with E-state index in [0.29, 0.717) is 17.0 Å². The molecular formula is C9H12ClN3O. The highest BCUT2D eigenvalue weighted by molar-refractivity contribution is 6.29. The van der Waals surface area contributed by atoms with Gasteiger partial charge in [-0.2, -0.15) is 4.98 Å². The SMILES string of the molecule is O=c1nc(NC2CCCC2)cc(Cl)[nH]1. The van der Waals surface area contributed by atoms with Crippen LogP contribution in [0.4, 0.5) is 5.82 Å². The average Bonchev–Trinajstić information content (AvgIpc) is 2.54. The molecule has 0 spiro atoms. The average molecular weight is 214 g/mol. The Balaban J connectivity index is 2.11. The van der Waals surface area contributed by atoms with Gasteiger partial charge in [-0.15, -0.1) is 0 Å². The van der Waals surface area contributed by atoms with Crippen LogP contribution < -0.4 is 11.0 Å². The zero-order valence-electron chi connectivity index (χ0n) is 7.72. The molecule has 76 valence electrons. The van der Waals surface area contributed by atoms with Gasteiger partial charge in [-0.3, -0.25) is 4.98 Å². The summed E-state index contributed by atoms with van der Waals surface area (Å²) in [7, 11) is 0. The molecule has 1 saturated carbocycles. The Kier molecular flexibility index (Phi) is 2.72. The largest absolute Gasteiger partial charge is 0.367 e. The van der Waals surface area contributed by atoms with Crippen molar-refractivity contribution in [2.75, 3.05) is 5.32 Å². The third-order valence-corrected chi connectivity index (χ3v) is 2.62. The van der Waals surface area contributed by atoms with E-state index in [2.05, 4.69) is 15.3 Å². The van der Waals surface area contributed by atoms with E-state index in [1.54, 1.807) is 6.07 Å². The number of nitrogens with zero attached hydrogens (tertiary/aromatic N) is 1. The second-order valence-electron chi connectivity index (χ2n) is 3.55. The molecule has 5 heteroatoms. The summed E-state index contributed by atoms with van der Waals surface area (Å²) >= 11 is 5.70. The van der Waals surface area contributed by atoms with Crippen LogP contribution in [0.2, 0.25) is 5.15 Å². The second-order valence-corrected chi connectivity index (χ2v) is 3.95. The summed E-state index contributed by atoms with van der Waals surface area (Å²) in [6.45, 7) is 0. The fraction of sp³-hybridized carbons (Fsp3) is 0.556. The highest BCUT2D eigenvalue weighted by Crippen LogP contribution is 2.21. The minimum atomic E-state index is -0.405. The van der Waals surface area contributed by atoms with Crippen LogP contribution in [-0.4, -0.2) is 16.0 Å². The van der Waals surface area contributed by atoms with E-state index in [1.807, 2.05) is 0 Å². The Morgan fingerprint density at radius 3 is 2.86 bits per heavy atom. The van der Waals surface area contributed by atoms with E-state index in [0.717, 1.165) is 12.8 Å². The molecular weight excluding hydrogens is 202 g/mol. The molecule has 1 aliphatic carbocycles. The third kappa shape index (κ3) is 2.26. The molecule has 2 rings (SSSR count). The van der Waals surface area contributed by atoms with E-state index in [9.17, 15) is 4.79 Å². The van der Waals surface area contributed by atoms with E-state index >= 15 is 0 Å². The molecule has 0 unspecified atom stereocenters. The van der Waals surface area contributed by atoms with Crippen molar-refractivity contribution in [2.45, 2.75) is 31.7 Å². The molecule has 2 N–H and O–H groups in total. The minimum absolute atomic E-state index is 0.325. The molecule has 0 aromatic carbocycles. The van der Waals surface area contributed by atoms with Crippen molar-refractivity contribution in [3.05, 3.63) is 21.7 Å². The summed E-state index contributed by atoms with van der Waals surface area (Å²) in [6, 6.07) is 2.08. The van der Waals surface area contributed by atoms with Crippen molar-refractivity contribution in [3.63, 3.8) is 0 Å². The topological polar surface area (TPSA) is 57.8 Å². The number of anilines is 1. The van der Waals surface area contributed by atoms with Gasteiger partial charge < -0.3 is 5.32 Å². The van der Waals surface area contributed by atoms with Crippen LogP contribution in [-0.2, 0) is 0 Å². The number of H-pyrrole nitrogens is 1. The predicted octanol–water partition coefficient (Wildman–Crippen LogP) is 1.78. The van der Waals surface area contributed by atoms with Gasteiger partial charge in [0.2, 0.25) is 0 Å². The van der Waals surface area contributed by atoms with E-state index < -0.39 is 5.69 Å². The molecule has 14 heavy (non-hydrogen) atoms. The molecule has 1 aromatic heterocycles. The molecule has 1 aliphatic rings. The smallest absolute Gasteiger partial charge is 0.347 e. The van der Waals surface area contributed by atoms with Crippen LogP contribution in [0.3, 0.4) is 0 Å². The Morgan fingerprint density at radius 1 is 1.50 bits per heavy atom. The normalized spacial score (nSPS) is 17.2. The molecule has 4 nitrogen and oxygen atoms in total. The Hall–Kier alpha value is -1.03. The molecule has 1 fully saturated rings. The van der Waals surface area contributed by atoms with Crippen molar-refractivity contribution >= 4 is 17.4 Å². The number of halogens is 1. The molecule has 0 saturated heterocycles. The molecule has 0 amide bonds. The first kappa shape index (κ1) is 9.52. The Labute approximate surface area is 86.7 Å². The van der Waals surface area contributed by atoms with Crippen molar-refractivity contribution < 1.29 is 0 Å². The van der Waals surface area contributed by atoms with Crippen molar-refractivity contribution in [3.8, 4) is 0 Å². The number of nitrogens with one attached hydrogen (secondary N) is 2. The number of rotatable bonds is 2. The zero-order valence-corrected chi connectivity index (χ0v) is 8.47. The van der Waals surface area contributed by atoms with Gasteiger partial charge in [0.05, 0.1) is 0 Å². The quantitative estimate of drug-likeness (QED) is 0.737. The van der Waals surface area contributed by atoms with Crippen LogP contribution in [0.15, 0.2) is 10.9 Å². The fourth-order valence-electron chi connectivity index (χ4n) is 1.78. The number of hydrogen-bond donors (Lipinski definition) is 2. The van der Waals surface area contributed by atoms with Gasteiger partial charge in [0.15, 0.2) is 0 Å². The Morgan fingerprint density at radius 2 is 2.21 bits per heavy atom. The predicted molar refractivity (Wildman–Crippen MR) is 55.7 cm³/mol. The van der Waals surface area contributed by atoms with Crippen LogP contribution in [0.5, 0.6) is 0 Å². The fourth-order valence-corrected chi connectivity index (χ4v) is 1.97. The van der Waals surface area contributed by atoms with Gasteiger partial charge in [0.1, 0.15) is 11.0 Å². The highest BCUT2D eigenvalue weighted by Gasteiger charge is 2.15. The third-order valence-electron chi connectivity index (χ3n) is 2.42. The highest BCUT2D eigenvalue weighted by atomic mass is 35.5. The number of aromatic nitrogens is 2. The molecule has 1 aromatic rings. The van der Waals surface area contributed by atoms with Crippen LogP contribution in [0, 0.1) is 0 Å². The first-order valence-corrected chi connectivity index (χ1v) is 5.15. The van der Waals surface area contributed by atoms with Gasteiger partial charge >= 0.3 is 5.69 Å². The summed E-state index contributed by atoms with van der Waals surface area (Å²) in [5.41, 5.74) is -0.405. The van der Waals surface area contributed by atoms with Crippen molar-refractivity contribution in [1.82, 2.24) is 9.97 Å². The maximum atomic E-state index is 11.0. The monoisotopic (exact) mass is 213 g/mol. The van der Waals surface area contributed by atoms with E-state index in [-0.39, 0.29) is 0 Å². The lowest BCUT2D eigenvalue weighted by molar-refractivity contribution is 0.748. The van der Waals surface area contributed by atoms with Crippen molar-refractivity contribution in [1.29, 1.82) is 0 Å². The van der Waals surface area contributed by atoms with Gasteiger partial charge in [0.25, 0.3) is 0 Å². The van der Waals surface area contributed by atoms with Gasteiger partial charge in [-0.05, 0) is 12.8 Å². The standard InChI is InChI=1S/C9H12ClN3O/c10-7-5-8(13-9(14)12-7)11-6-3-1-2-4-6/h5-6H,1-4H2,(H2,11,12,13,14). The lowest BCUT2D eigenvalue weighted by Gasteiger charge is -2.11. The summed E-state index contributed by atoms with van der Waals surface area (Å²) in [5.74, 6) is 0.575. The summed E-state index contributed by atoms with van der Waals surface area (Å²) < 4.78 is 0. The van der Waals surface area contributed by atoms with Crippen molar-refractivity contribution in [2.24, 2.45) is 0 Å². The summed E-state index contributed by atoms with van der Waals surface area (Å²) in [5, 5.41) is 3.53. The lowest BCUT2D eigenvalue weighted by Crippen LogP contribution is -2.19. The first-order valence-electron chi connectivity index (χ1n) is 4.77. The van der Waals surface area contributed by atoms with Crippen LogP contribution in [0.1, 0.15) is 25.7 Å². The zero-order chi connectivity index (χ0) is 9.97.